The van der Waals surface area contributed by atoms with Gasteiger partial charge in [0.15, 0.2) is 0 Å². The minimum Gasteiger partial charge on any atom is -0.244 e. The van der Waals surface area contributed by atoms with Gasteiger partial charge >= 0.3 is 0 Å². The fourth-order valence-electron chi connectivity index (χ4n) is 2.77. The summed E-state index contributed by atoms with van der Waals surface area (Å²) in [6, 6.07) is 0. The van der Waals surface area contributed by atoms with E-state index in [1.54, 1.807) is 5.57 Å². The van der Waals surface area contributed by atoms with Gasteiger partial charge in [-0.1, -0.05) is 44.4 Å². The van der Waals surface area contributed by atoms with E-state index in [-0.39, 0.29) is 0 Å². The van der Waals surface area contributed by atoms with Gasteiger partial charge < -0.3 is 0 Å². The predicted octanol–water partition coefficient (Wildman–Crippen LogP) is 4.68. The van der Waals surface area contributed by atoms with Crippen LogP contribution in [0.25, 0.3) is 0 Å². The Morgan fingerprint density at radius 2 is 2.11 bits per heavy atom. The molecule has 0 bridgehead atoms. The van der Waals surface area contributed by atoms with Gasteiger partial charge in [-0.15, -0.1) is 6.58 Å². The van der Waals surface area contributed by atoms with E-state index in [4.69, 9.17) is 0 Å². The van der Waals surface area contributed by atoms with Crippen LogP contribution in [-0.4, -0.2) is 24.9 Å². The van der Waals surface area contributed by atoms with Crippen LogP contribution in [0.4, 0.5) is 0 Å². The minimum atomic E-state index is 0.611. The van der Waals surface area contributed by atoms with E-state index in [1.165, 1.54) is 32.1 Å². The lowest BCUT2D eigenvalue weighted by Crippen LogP contribution is -2.14. The summed E-state index contributed by atoms with van der Waals surface area (Å²) in [4.78, 5) is 0. The van der Waals surface area contributed by atoms with Gasteiger partial charge in [0.05, 0.1) is 5.92 Å². The van der Waals surface area contributed by atoms with E-state index in [2.05, 4.69) is 57.5 Å². The Labute approximate surface area is 120 Å². The first kappa shape index (κ1) is 16.2. The SMILES string of the molecule is C=CCC(=CCCCC)C(C=[N+](C)C)CC1CC1C. The van der Waals surface area contributed by atoms with Crippen LogP contribution in [0.5, 0.6) is 0 Å². The molecule has 0 spiro atoms. The molecule has 1 aliphatic rings. The van der Waals surface area contributed by atoms with Crippen LogP contribution in [0.15, 0.2) is 24.3 Å². The first-order valence-electron chi connectivity index (χ1n) is 7.89. The quantitative estimate of drug-likeness (QED) is 0.245. The number of unbranched alkanes of at least 4 members (excludes halogenated alkanes) is 2. The zero-order valence-electron chi connectivity index (χ0n) is 13.4. The topological polar surface area (TPSA) is 3.01 Å². The van der Waals surface area contributed by atoms with E-state index < -0.39 is 0 Å². The molecule has 0 amide bonds. The van der Waals surface area contributed by atoms with Crippen LogP contribution in [-0.2, 0) is 0 Å². The Morgan fingerprint density at radius 1 is 1.42 bits per heavy atom. The monoisotopic (exact) mass is 262 g/mol. The molecule has 0 aliphatic heterocycles. The van der Waals surface area contributed by atoms with Crippen molar-refractivity contribution in [3.63, 3.8) is 0 Å². The minimum absolute atomic E-state index is 0.611. The molecule has 19 heavy (non-hydrogen) atoms. The summed E-state index contributed by atoms with van der Waals surface area (Å²) in [7, 11) is 4.28. The third-order valence-electron chi connectivity index (χ3n) is 4.13. The van der Waals surface area contributed by atoms with Gasteiger partial charge in [-0.2, -0.15) is 0 Å². The maximum absolute atomic E-state index is 3.93. The van der Waals surface area contributed by atoms with Crippen molar-refractivity contribution in [2.24, 2.45) is 17.8 Å². The van der Waals surface area contributed by atoms with Gasteiger partial charge in [-0.25, -0.2) is 4.58 Å². The molecule has 1 fully saturated rings. The van der Waals surface area contributed by atoms with Crippen LogP contribution in [0.1, 0.15) is 52.4 Å². The first-order chi connectivity index (χ1) is 9.08. The number of hydrogen-bond donors (Lipinski definition) is 0. The Morgan fingerprint density at radius 3 is 2.58 bits per heavy atom. The van der Waals surface area contributed by atoms with Crippen LogP contribution >= 0.6 is 0 Å². The number of rotatable bonds is 9. The van der Waals surface area contributed by atoms with Gasteiger partial charge in [0, 0.05) is 0 Å². The highest BCUT2D eigenvalue weighted by Crippen LogP contribution is 2.43. The zero-order valence-corrected chi connectivity index (χ0v) is 13.4. The van der Waals surface area contributed by atoms with Crippen LogP contribution in [0.3, 0.4) is 0 Å². The van der Waals surface area contributed by atoms with Crippen molar-refractivity contribution < 1.29 is 4.58 Å². The highest BCUT2D eigenvalue weighted by Gasteiger charge is 2.35. The average molecular weight is 262 g/mol. The van der Waals surface area contributed by atoms with Gasteiger partial charge in [-0.05, 0) is 37.5 Å². The normalized spacial score (nSPS) is 23.9. The summed E-state index contributed by atoms with van der Waals surface area (Å²) in [6.07, 6.45) is 14.5. The summed E-state index contributed by atoms with van der Waals surface area (Å²) >= 11 is 0. The second kappa shape index (κ2) is 8.35. The number of allylic oxidation sites excluding steroid dienone is 3. The highest BCUT2D eigenvalue weighted by atomic mass is 14.9. The molecule has 1 heteroatoms. The van der Waals surface area contributed by atoms with Crippen LogP contribution in [0, 0.1) is 17.8 Å². The van der Waals surface area contributed by atoms with E-state index in [9.17, 15) is 0 Å². The lowest BCUT2D eigenvalue weighted by atomic mass is 9.90. The molecular formula is C18H32N+. The standard InChI is InChI=1S/C18H32N/c1-6-8-9-11-16(10-7-2)18(14-19(4)5)13-17-12-15(17)3/h7,11,14-15,17-18H,2,6,8-10,12-13H2,1,3-5H3/q+1. The van der Waals surface area contributed by atoms with Crippen molar-refractivity contribution in [1.82, 2.24) is 0 Å². The molecule has 0 N–H and O–H groups in total. The third kappa shape index (κ3) is 6.22. The number of hydrogen-bond acceptors (Lipinski definition) is 0. The maximum atomic E-state index is 3.93. The third-order valence-corrected chi connectivity index (χ3v) is 4.13. The molecule has 0 radical (unpaired) electrons. The average Bonchev–Trinajstić information content (AvgIpc) is 3.03. The van der Waals surface area contributed by atoms with Crippen molar-refractivity contribution in [3.8, 4) is 0 Å². The van der Waals surface area contributed by atoms with Gasteiger partial charge in [0.2, 0.25) is 0 Å². The van der Waals surface area contributed by atoms with Crippen molar-refractivity contribution in [3.05, 3.63) is 24.3 Å². The summed E-state index contributed by atoms with van der Waals surface area (Å²) in [6.45, 7) is 8.57. The fourth-order valence-corrected chi connectivity index (χ4v) is 2.77. The van der Waals surface area contributed by atoms with E-state index in [0.717, 1.165) is 18.3 Å². The van der Waals surface area contributed by atoms with Gasteiger partial charge in [-0.3, -0.25) is 0 Å². The molecule has 3 unspecified atom stereocenters. The molecule has 1 rings (SSSR count). The molecular weight excluding hydrogens is 230 g/mol. The summed E-state index contributed by atoms with van der Waals surface area (Å²) in [5.74, 6) is 2.50. The fraction of sp³-hybridized carbons (Fsp3) is 0.722. The Balaban J connectivity index is 2.73. The second-order valence-electron chi connectivity index (χ2n) is 6.34. The second-order valence-corrected chi connectivity index (χ2v) is 6.34. The number of nitrogens with zero attached hydrogens (tertiary/aromatic N) is 1. The highest BCUT2D eigenvalue weighted by molar-refractivity contribution is 5.60. The molecule has 0 aromatic rings. The van der Waals surface area contributed by atoms with E-state index in [0.29, 0.717) is 5.92 Å². The van der Waals surface area contributed by atoms with Crippen molar-refractivity contribution >= 4 is 6.21 Å². The first-order valence-corrected chi connectivity index (χ1v) is 7.89. The lowest BCUT2D eigenvalue weighted by Gasteiger charge is -2.14. The smallest absolute Gasteiger partial charge is 0.146 e. The molecule has 0 heterocycles. The van der Waals surface area contributed by atoms with Gasteiger partial charge in [0.1, 0.15) is 20.3 Å². The van der Waals surface area contributed by atoms with E-state index >= 15 is 0 Å². The molecule has 0 saturated heterocycles. The van der Waals surface area contributed by atoms with Crippen molar-refractivity contribution in [1.29, 1.82) is 0 Å². The van der Waals surface area contributed by atoms with Crippen LogP contribution < -0.4 is 0 Å². The molecule has 1 saturated carbocycles. The van der Waals surface area contributed by atoms with Crippen molar-refractivity contribution in [2.75, 3.05) is 14.1 Å². The van der Waals surface area contributed by atoms with E-state index in [1.807, 2.05) is 0 Å². The molecule has 0 aromatic heterocycles. The summed E-state index contributed by atoms with van der Waals surface area (Å²) in [5.41, 5.74) is 1.58. The van der Waals surface area contributed by atoms with Crippen molar-refractivity contribution in [2.45, 2.75) is 52.4 Å². The Hall–Kier alpha value is -0.850. The largest absolute Gasteiger partial charge is 0.244 e. The molecule has 0 aromatic carbocycles. The summed E-state index contributed by atoms with van der Waals surface area (Å²) in [5, 5.41) is 0. The Bertz CT molecular complexity index is 334. The molecule has 1 aliphatic carbocycles. The maximum Gasteiger partial charge on any atom is 0.146 e. The zero-order chi connectivity index (χ0) is 14.3. The van der Waals surface area contributed by atoms with Gasteiger partial charge in [0.25, 0.3) is 0 Å². The lowest BCUT2D eigenvalue weighted by molar-refractivity contribution is -0.461. The van der Waals surface area contributed by atoms with Crippen LogP contribution in [0.2, 0.25) is 0 Å². The summed E-state index contributed by atoms with van der Waals surface area (Å²) < 4.78 is 2.22. The molecule has 1 nitrogen and oxygen atoms in total. The predicted molar refractivity (Wildman–Crippen MR) is 86.0 cm³/mol. The molecule has 108 valence electrons. The Kier molecular flexibility index (Phi) is 7.12. The molecule has 3 atom stereocenters.